The van der Waals surface area contributed by atoms with Gasteiger partial charge in [-0.05, 0) is 123 Å². The van der Waals surface area contributed by atoms with Gasteiger partial charge in [-0.3, -0.25) is 4.79 Å². The second-order valence-corrected chi connectivity index (χ2v) is 13.2. The Morgan fingerprint density at radius 1 is 0.491 bits per heavy atom. The van der Waals surface area contributed by atoms with Gasteiger partial charge in [-0.15, -0.1) is 0 Å². The Balaban J connectivity index is 1.11. The number of carbonyl (C=O) groups excluding carboxylic acids is 5. The zero-order valence-corrected chi connectivity index (χ0v) is 32.5. The molecule has 0 aliphatic carbocycles. The molecule has 0 radical (unpaired) electrons. The molecule has 0 heterocycles. The molecule has 0 bridgehead atoms. The van der Waals surface area contributed by atoms with Gasteiger partial charge in [0.2, 0.25) is 0 Å². The van der Waals surface area contributed by atoms with E-state index in [1.54, 1.807) is 93.6 Å². The van der Waals surface area contributed by atoms with Crippen LogP contribution in [0.15, 0.2) is 109 Å². The fourth-order valence-electron chi connectivity index (χ4n) is 4.85. The summed E-state index contributed by atoms with van der Waals surface area (Å²) in [5.74, 6) is -0.529. The van der Waals surface area contributed by atoms with Crippen LogP contribution in [0.3, 0.4) is 0 Å². The molecule has 4 aromatic carbocycles. The first-order valence-corrected chi connectivity index (χ1v) is 18.7. The molecule has 12 nitrogen and oxygen atoms in total. The average molecular weight is 781 g/mol. The molecule has 0 atom stereocenters. The number of esters is 5. The highest BCUT2D eigenvalue weighted by Crippen LogP contribution is 2.20. The van der Waals surface area contributed by atoms with Gasteiger partial charge in [0.25, 0.3) is 0 Å². The number of ether oxygens (including phenoxy) is 7. The largest absolute Gasteiger partial charge is 0.494 e. The second kappa shape index (κ2) is 22.8. The van der Waals surface area contributed by atoms with E-state index < -0.39 is 23.9 Å². The highest BCUT2D eigenvalue weighted by molar-refractivity contribution is 5.92. The molecule has 12 heteroatoms. The zero-order chi connectivity index (χ0) is 41.0. The van der Waals surface area contributed by atoms with Gasteiger partial charge < -0.3 is 33.2 Å². The Kier molecular flexibility index (Phi) is 17.3. The predicted octanol–water partition coefficient (Wildman–Crippen LogP) is 8.16. The number of rotatable bonds is 22. The summed E-state index contributed by atoms with van der Waals surface area (Å²) in [6.45, 7) is 10.4. The highest BCUT2D eigenvalue weighted by Gasteiger charge is 2.13. The van der Waals surface area contributed by atoms with Crippen molar-refractivity contribution in [1.82, 2.24) is 0 Å². The Morgan fingerprint density at radius 3 is 1.35 bits per heavy atom. The molecule has 0 aromatic heterocycles. The summed E-state index contributed by atoms with van der Waals surface area (Å²) in [4.78, 5) is 60.8. The summed E-state index contributed by atoms with van der Waals surface area (Å²) >= 11 is 0. The van der Waals surface area contributed by atoms with Gasteiger partial charge in [0.05, 0.1) is 55.6 Å². The van der Waals surface area contributed by atoms with Crippen molar-refractivity contribution in [3.8, 4) is 23.0 Å². The molecule has 57 heavy (non-hydrogen) atoms. The van der Waals surface area contributed by atoms with Gasteiger partial charge in [-0.25, -0.2) is 19.2 Å². The standard InChI is InChI=1S/C45H48O12/c1-31(2)41(46)53-28-7-5-26-51-37-19-11-35(12-20-37)44(49)56-39-17-9-33(10-18-39)25-30-55-43(48)34-15-23-40(24-16-34)57-45(50)36-13-21-38(22-14-36)52-27-6-8-29-54-42(47)32(3)4/h9-24,32H,1,5-8,25-30H2,2-4H3. The molecule has 0 amide bonds. The molecular weight excluding hydrogens is 732 g/mol. The second-order valence-electron chi connectivity index (χ2n) is 13.2. The number of hydrogen-bond donors (Lipinski definition) is 0. The minimum absolute atomic E-state index is 0.124. The molecular formula is C45H48O12. The van der Waals surface area contributed by atoms with Crippen molar-refractivity contribution in [1.29, 1.82) is 0 Å². The first-order chi connectivity index (χ1) is 27.5. The molecule has 0 fully saturated rings. The topological polar surface area (TPSA) is 150 Å². The lowest BCUT2D eigenvalue weighted by molar-refractivity contribution is -0.147. The third kappa shape index (κ3) is 15.3. The van der Waals surface area contributed by atoms with Crippen LogP contribution in [0.2, 0.25) is 0 Å². The lowest BCUT2D eigenvalue weighted by Gasteiger charge is -2.09. The highest BCUT2D eigenvalue weighted by atomic mass is 16.6. The monoisotopic (exact) mass is 780 g/mol. The maximum absolute atomic E-state index is 12.6. The fourth-order valence-corrected chi connectivity index (χ4v) is 4.85. The maximum Gasteiger partial charge on any atom is 0.343 e. The van der Waals surface area contributed by atoms with Gasteiger partial charge in [0.15, 0.2) is 0 Å². The first kappa shape index (κ1) is 43.3. The van der Waals surface area contributed by atoms with Crippen LogP contribution in [0.1, 0.15) is 83.1 Å². The molecule has 0 aliphatic rings. The number of hydrogen-bond acceptors (Lipinski definition) is 12. The smallest absolute Gasteiger partial charge is 0.343 e. The molecule has 0 N–H and O–H groups in total. The van der Waals surface area contributed by atoms with Crippen molar-refractivity contribution in [3.05, 3.63) is 131 Å². The van der Waals surface area contributed by atoms with E-state index in [4.69, 9.17) is 33.2 Å². The third-order valence-electron chi connectivity index (χ3n) is 8.15. The molecule has 0 unspecified atom stereocenters. The summed E-state index contributed by atoms with van der Waals surface area (Å²) in [7, 11) is 0. The summed E-state index contributed by atoms with van der Waals surface area (Å²) in [6.07, 6.45) is 3.20. The molecule has 4 aromatic rings. The number of unbranched alkanes of at least 4 members (excludes halogenated alkanes) is 2. The van der Waals surface area contributed by atoms with E-state index >= 15 is 0 Å². The lowest BCUT2D eigenvalue weighted by atomic mass is 10.1. The maximum atomic E-state index is 12.6. The van der Waals surface area contributed by atoms with Crippen LogP contribution >= 0.6 is 0 Å². The first-order valence-electron chi connectivity index (χ1n) is 18.7. The van der Waals surface area contributed by atoms with Gasteiger partial charge >= 0.3 is 29.8 Å². The predicted molar refractivity (Wildman–Crippen MR) is 211 cm³/mol. The Labute approximate surface area is 332 Å². The molecule has 4 rings (SSSR count). The van der Waals surface area contributed by atoms with Crippen LogP contribution in [-0.4, -0.2) is 62.9 Å². The molecule has 0 saturated heterocycles. The van der Waals surface area contributed by atoms with Gasteiger partial charge in [0, 0.05) is 12.0 Å². The SMILES string of the molecule is C=C(C)C(=O)OCCCCOc1ccc(C(=O)Oc2ccc(CCOC(=O)c3ccc(OC(=O)c4ccc(OCCCCOC(=O)C(C)C)cc4)cc3)cc2)cc1. The number of benzene rings is 4. The molecule has 0 spiro atoms. The lowest BCUT2D eigenvalue weighted by Crippen LogP contribution is -2.12. The Bertz CT molecular complexity index is 1930. The number of carbonyl (C=O) groups is 5. The van der Waals surface area contributed by atoms with Crippen molar-refractivity contribution in [2.75, 3.05) is 33.0 Å². The summed E-state index contributed by atoms with van der Waals surface area (Å²) in [5.41, 5.74) is 2.24. The van der Waals surface area contributed by atoms with Crippen LogP contribution in [0.25, 0.3) is 0 Å². The summed E-state index contributed by atoms with van der Waals surface area (Å²) in [6, 6.07) is 26.2. The van der Waals surface area contributed by atoms with Crippen LogP contribution in [-0.2, 0) is 30.2 Å². The van der Waals surface area contributed by atoms with Gasteiger partial charge in [-0.1, -0.05) is 32.6 Å². The van der Waals surface area contributed by atoms with E-state index in [-0.39, 0.29) is 24.2 Å². The van der Waals surface area contributed by atoms with Gasteiger partial charge in [0.1, 0.15) is 23.0 Å². The van der Waals surface area contributed by atoms with Crippen LogP contribution < -0.4 is 18.9 Å². The summed E-state index contributed by atoms with van der Waals surface area (Å²) in [5, 5.41) is 0. The van der Waals surface area contributed by atoms with Crippen molar-refractivity contribution >= 4 is 29.8 Å². The van der Waals surface area contributed by atoms with E-state index in [0.29, 0.717) is 98.0 Å². The average Bonchev–Trinajstić information content (AvgIpc) is 3.21. The van der Waals surface area contributed by atoms with Crippen molar-refractivity contribution in [2.24, 2.45) is 5.92 Å². The minimum atomic E-state index is -0.560. The van der Waals surface area contributed by atoms with Gasteiger partial charge in [-0.2, -0.15) is 0 Å². The van der Waals surface area contributed by atoms with Crippen LogP contribution in [0.4, 0.5) is 0 Å². The van der Waals surface area contributed by atoms with Crippen LogP contribution in [0, 0.1) is 5.92 Å². The van der Waals surface area contributed by atoms with E-state index in [1.165, 1.54) is 24.3 Å². The molecule has 0 aliphatic heterocycles. The van der Waals surface area contributed by atoms with E-state index in [0.717, 1.165) is 5.56 Å². The van der Waals surface area contributed by atoms with Crippen molar-refractivity contribution in [2.45, 2.75) is 52.9 Å². The van der Waals surface area contributed by atoms with E-state index in [9.17, 15) is 24.0 Å². The Morgan fingerprint density at radius 2 is 0.895 bits per heavy atom. The molecule has 300 valence electrons. The fraction of sp³-hybridized carbons (Fsp3) is 0.311. The third-order valence-corrected chi connectivity index (χ3v) is 8.15. The Hall–Kier alpha value is -6.43. The summed E-state index contributed by atoms with van der Waals surface area (Å²) < 4.78 is 37.9. The van der Waals surface area contributed by atoms with E-state index in [2.05, 4.69) is 6.58 Å². The van der Waals surface area contributed by atoms with Crippen molar-refractivity contribution < 1.29 is 57.1 Å². The van der Waals surface area contributed by atoms with Crippen LogP contribution in [0.5, 0.6) is 23.0 Å². The normalized spacial score (nSPS) is 10.6. The van der Waals surface area contributed by atoms with Crippen molar-refractivity contribution in [3.63, 3.8) is 0 Å². The molecule has 0 saturated carbocycles. The quantitative estimate of drug-likeness (QED) is 0.0249. The van der Waals surface area contributed by atoms with E-state index in [1.807, 2.05) is 0 Å². The zero-order valence-electron chi connectivity index (χ0n) is 32.5. The minimum Gasteiger partial charge on any atom is -0.494 e.